The molecule has 3 aliphatic rings. The average Bonchev–Trinajstić information content (AvgIpc) is 2.80. The minimum absolute atomic E-state index is 0.530. The summed E-state index contributed by atoms with van der Waals surface area (Å²) < 4.78 is 25.1. The molecule has 0 saturated carbocycles. The van der Waals surface area contributed by atoms with Gasteiger partial charge in [0.25, 0.3) is 0 Å². The van der Waals surface area contributed by atoms with Gasteiger partial charge in [0.2, 0.25) is 0 Å². The Bertz CT molecular complexity index is 822. The van der Waals surface area contributed by atoms with Crippen molar-refractivity contribution in [1.29, 1.82) is 0 Å². The Morgan fingerprint density at radius 2 is 1.06 bits per heavy atom. The van der Waals surface area contributed by atoms with Crippen molar-refractivity contribution < 1.29 is 89.1 Å². The van der Waals surface area contributed by atoms with E-state index in [9.17, 15) is 60.3 Å². The highest BCUT2D eigenvalue weighted by molar-refractivity contribution is 5.74. The second kappa shape index (κ2) is 11.1. The molecule has 0 amide bonds. The molecule has 18 heteroatoms. The second-order valence-electron chi connectivity index (χ2n) is 8.34. The van der Waals surface area contributed by atoms with Gasteiger partial charge in [-0.3, -0.25) is 0 Å². The minimum Gasteiger partial charge on any atom is -0.479 e. The number of hydrogen-bond donors (Lipinski definition) is 10. The SMILES string of the molecule is O=C(O)[C@H]1O[C@H](O[C@@H]2[C@H](O)[C@@H](O)C(O)O[C@@H]2C(=O)O)[C@H](O)[C@@H](O)[C@H]1O[C@H]1O[C@@H](C(=O)O)C[C@H](O)[C@H]1O. The van der Waals surface area contributed by atoms with E-state index in [1.165, 1.54) is 0 Å². The fourth-order valence-electron chi connectivity index (χ4n) is 3.92. The molecule has 0 bridgehead atoms. The van der Waals surface area contributed by atoms with Crippen LogP contribution in [-0.2, 0) is 38.1 Å². The Morgan fingerprint density at radius 3 is 1.56 bits per heavy atom. The Morgan fingerprint density at radius 1 is 0.583 bits per heavy atom. The van der Waals surface area contributed by atoms with E-state index < -0.39 is 110 Å². The minimum atomic E-state index is -2.22. The van der Waals surface area contributed by atoms with Crippen LogP contribution in [-0.4, -0.2) is 155 Å². The van der Waals surface area contributed by atoms with Crippen LogP contribution in [0.1, 0.15) is 6.42 Å². The maximum absolute atomic E-state index is 11.8. The molecule has 14 atom stereocenters. The van der Waals surface area contributed by atoms with Gasteiger partial charge in [-0.05, 0) is 0 Å². The first-order chi connectivity index (χ1) is 16.7. The predicted octanol–water partition coefficient (Wildman–Crippen LogP) is -6.27. The highest BCUT2D eigenvalue weighted by Crippen LogP contribution is 2.32. The highest BCUT2D eigenvalue weighted by atomic mass is 16.8. The molecular weight excluding hydrogens is 504 g/mol. The van der Waals surface area contributed by atoms with Gasteiger partial charge in [-0.1, -0.05) is 0 Å². The summed E-state index contributed by atoms with van der Waals surface area (Å²) in [4.78, 5) is 34.5. The zero-order valence-corrected chi connectivity index (χ0v) is 18.0. The molecule has 10 N–H and O–H groups in total. The Balaban J connectivity index is 1.80. The van der Waals surface area contributed by atoms with Crippen LogP contribution in [0.15, 0.2) is 0 Å². The molecule has 0 aromatic carbocycles. The number of aliphatic hydroxyl groups is 7. The molecule has 206 valence electrons. The third kappa shape index (κ3) is 5.59. The van der Waals surface area contributed by atoms with Crippen LogP contribution in [0.25, 0.3) is 0 Å². The van der Waals surface area contributed by atoms with Crippen molar-refractivity contribution >= 4 is 17.9 Å². The molecule has 1 unspecified atom stereocenters. The summed E-state index contributed by atoms with van der Waals surface area (Å²) in [5.74, 6) is -5.14. The quantitative estimate of drug-likeness (QED) is 0.146. The molecule has 0 spiro atoms. The summed E-state index contributed by atoms with van der Waals surface area (Å²) in [7, 11) is 0. The third-order valence-electron chi connectivity index (χ3n) is 5.88. The van der Waals surface area contributed by atoms with Crippen LogP contribution in [0.5, 0.6) is 0 Å². The van der Waals surface area contributed by atoms with Crippen molar-refractivity contribution in [1.82, 2.24) is 0 Å². The summed E-state index contributed by atoms with van der Waals surface area (Å²) in [6, 6.07) is 0. The molecule has 3 fully saturated rings. The summed E-state index contributed by atoms with van der Waals surface area (Å²) in [5, 5.41) is 98.3. The number of carboxylic acids is 3. The van der Waals surface area contributed by atoms with Crippen LogP contribution in [0.4, 0.5) is 0 Å². The topological polar surface area (TPSA) is 300 Å². The van der Waals surface area contributed by atoms with E-state index in [1.807, 2.05) is 0 Å². The zero-order chi connectivity index (χ0) is 27.1. The van der Waals surface area contributed by atoms with Crippen molar-refractivity contribution in [3.63, 3.8) is 0 Å². The maximum atomic E-state index is 11.8. The lowest BCUT2D eigenvalue weighted by molar-refractivity contribution is -0.364. The molecule has 0 radical (unpaired) electrons. The molecule has 3 heterocycles. The normalized spacial score (nSPS) is 47.8. The van der Waals surface area contributed by atoms with E-state index in [4.69, 9.17) is 24.1 Å². The lowest BCUT2D eigenvalue weighted by Gasteiger charge is -2.46. The smallest absolute Gasteiger partial charge is 0.335 e. The van der Waals surface area contributed by atoms with Gasteiger partial charge in [0.05, 0.1) is 6.10 Å². The predicted molar refractivity (Wildman–Crippen MR) is 102 cm³/mol. The number of carboxylic acid groups (broad SMARTS) is 3. The fraction of sp³-hybridized carbons (Fsp3) is 0.833. The first-order valence-corrected chi connectivity index (χ1v) is 10.5. The molecule has 36 heavy (non-hydrogen) atoms. The fourth-order valence-corrected chi connectivity index (χ4v) is 3.92. The van der Waals surface area contributed by atoms with Crippen molar-refractivity contribution in [3.8, 4) is 0 Å². The van der Waals surface area contributed by atoms with Crippen LogP contribution in [0.3, 0.4) is 0 Å². The van der Waals surface area contributed by atoms with Crippen LogP contribution in [0, 0.1) is 0 Å². The van der Waals surface area contributed by atoms with E-state index >= 15 is 0 Å². The lowest BCUT2D eigenvalue weighted by Crippen LogP contribution is -2.66. The van der Waals surface area contributed by atoms with E-state index in [0.717, 1.165) is 0 Å². The van der Waals surface area contributed by atoms with Gasteiger partial charge in [-0.25, -0.2) is 14.4 Å². The number of aliphatic carboxylic acids is 3. The monoisotopic (exact) mass is 530 g/mol. The number of ether oxygens (including phenoxy) is 5. The third-order valence-corrected chi connectivity index (χ3v) is 5.88. The van der Waals surface area contributed by atoms with E-state index in [1.54, 1.807) is 0 Å². The molecular formula is C18H26O18. The standard InChI is InChI=1S/C18H26O18/c19-2-1-3(13(25)26)32-17(4(2)20)34-10-6(22)8(24)18(36-12(10)15(29)30)35-9-5(21)7(23)16(31)33-11(9)14(27)28/h2-12,16-24,31H,1H2,(H,25,26)(H,27,28)(H,29,30)/t2-,3+,4+,5+,6+,7+,8+,9+,10+,11-,12-,16?,17+,18-/m0/s1. The lowest BCUT2D eigenvalue weighted by atomic mass is 9.96. The summed E-state index contributed by atoms with van der Waals surface area (Å²) in [6.45, 7) is 0. The van der Waals surface area contributed by atoms with E-state index in [-0.39, 0.29) is 0 Å². The van der Waals surface area contributed by atoms with Gasteiger partial charge in [0.15, 0.2) is 37.2 Å². The van der Waals surface area contributed by atoms with Crippen molar-refractivity contribution in [2.45, 2.75) is 92.4 Å². The zero-order valence-electron chi connectivity index (χ0n) is 18.0. The van der Waals surface area contributed by atoms with E-state index in [0.29, 0.717) is 0 Å². The van der Waals surface area contributed by atoms with Crippen LogP contribution in [0.2, 0.25) is 0 Å². The number of hydrogen-bond acceptors (Lipinski definition) is 15. The molecule has 0 aromatic rings. The van der Waals surface area contributed by atoms with Crippen molar-refractivity contribution in [3.05, 3.63) is 0 Å². The summed E-state index contributed by atoms with van der Waals surface area (Å²) >= 11 is 0. The first-order valence-electron chi connectivity index (χ1n) is 10.5. The highest BCUT2D eigenvalue weighted by Gasteiger charge is 2.55. The Labute approximate surface area is 200 Å². The van der Waals surface area contributed by atoms with Crippen molar-refractivity contribution in [2.24, 2.45) is 0 Å². The Hall–Kier alpha value is -2.07. The average molecular weight is 530 g/mol. The van der Waals surface area contributed by atoms with Gasteiger partial charge in [0, 0.05) is 6.42 Å². The van der Waals surface area contributed by atoms with Gasteiger partial charge in [-0.2, -0.15) is 0 Å². The second-order valence-corrected chi connectivity index (χ2v) is 8.34. The first kappa shape index (κ1) is 28.5. The number of carbonyl (C=O) groups is 3. The van der Waals surface area contributed by atoms with Crippen LogP contribution < -0.4 is 0 Å². The van der Waals surface area contributed by atoms with Gasteiger partial charge in [-0.15, -0.1) is 0 Å². The molecule has 3 rings (SSSR count). The molecule has 3 aliphatic heterocycles. The molecule has 0 aliphatic carbocycles. The van der Waals surface area contributed by atoms with E-state index in [2.05, 4.69) is 4.74 Å². The molecule has 18 nitrogen and oxygen atoms in total. The van der Waals surface area contributed by atoms with Gasteiger partial charge in [0.1, 0.15) is 42.7 Å². The van der Waals surface area contributed by atoms with Crippen LogP contribution >= 0.6 is 0 Å². The number of rotatable bonds is 7. The van der Waals surface area contributed by atoms with Crippen molar-refractivity contribution in [2.75, 3.05) is 0 Å². The molecule has 3 saturated heterocycles. The summed E-state index contributed by atoms with van der Waals surface area (Å²) in [5.41, 5.74) is 0. The van der Waals surface area contributed by atoms with Gasteiger partial charge < -0.3 is 74.7 Å². The van der Waals surface area contributed by atoms with Gasteiger partial charge >= 0.3 is 17.9 Å². The Kier molecular flexibility index (Phi) is 8.81. The number of aliphatic hydroxyl groups excluding tert-OH is 7. The largest absolute Gasteiger partial charge is 0.479 e. The molecule has 0 aromatic heterocycles. The maximum Gasteiger partial charge on any atom is 0.335 e. The summed E-state index contributed by atoms with van der Waals surface area (Å²) in [6.07, 6.45) is -29.1.